The van der Waals surface area contributed by atoms with Gasteiger partial charge in [0.2, 0.25) is 0 Å². The van der Waals surface area contributed by atoms with E-state index in [0.29, 0.717) is 6.42 Å². The monoisotopic (exact) mass is 312 g/mol. The average Bonchev–Trinajstić information content (AvgIpc) is 2.24. The fraction of sp³-hybridized carbons (Fsp3) is 0.533. The van der Waals surface area contributed by atoms with E-state index >= 15 is 0 Å². The number of benzene rings is 1. The van der Waals surface area contributed by atoms with E-state index in [1.165, 1.54) is 0 Å². The van der Waals surface area contributed by atoms with Crippen LogP contribution in [0.1, 0.15) is 51.5 Å². The molecule has 3 heteroatoms. The molecule has 0 saturated heterocycles. The molecule has 18 heavy (non-hydrogen) atoms. The summed E-state index contributed by atoms with van der Waals surface area (Å²) in [5.41, 5.74) is 1.16. The summed E-state index contributed by atoms with van der Waals surface area (Å²) in [5.74, 6) is -1.12. The van der Waals surface area contributed by atoms with Crippen molar-refractivity contribution in [2.24, 2.45) is 5.41 Å². The molecule has 0 saturated carbocycles. The van der Waals surface area contributed by atoms with Gasteiger partial charge in [-0.2, -0.15) is 0 Å². The van der Waals surface area contributed by atoms with Gasteiger partial charge in [0.1, 0.15) is 0 Å². The van der Waals surface area contributed by atoms with Crippen molar-refractivity contribution in [3.63, 3.8) is 0 Å². The minimum atomic E-state index is -0.730. The molecule has 0 aliphatic heterocycles. The van der Waals surface area contributed by atoms with Gasteiger partial charge in [0.05, 0.1) is 5.92 Å². The highest BCUT2D eigenvalue weighted by molar-refractivity contribution is 9.10. The Balaban J connectivity index is 2.66. The highest BCUT2D eigenvalue weighted by atomic mass is 79.9. The van der Waals surface area contributed by atoms with Gasteiger partial charge < -0.3 is 5.11 Å². The average molecular weight is 313 g/mol. The summed E-state index contributed by atoms with van der Waals surface area (Å²) >= 11 is 3.36. The first-order valence-corrected chi connectivity index (χ1v) is 7.07. The van der Waals surface area contributed by atoms with E-state index in [2.05, 4.69) is 36.7 Å². The van der Waals surface area contributed by atoms with Crippen molar-refractivity contribution in [1.29, 1.82) is 0 Å². The quantitative estimate of drug-likeness (QED) is 0.845. The fourth-order valence-electron chi connectivity index (χ4n) is 1.96. The lowest BCUT2D eigenvalue weighted by Crippen LogP contribution is -2.13. The highest BCUT2D eigenvalue weighted by Crippen LogP contribution is 2.28. The molecule has 1 rings (SSSR count). The summed E-state index contributed by atoms with van der Waals surface area (Å²) in [4.78, 5) is 11.3. The zero-order valence-corrected chi connectivity index (χ0v) is 12.8. The molecule has 0 aromatic heterocycles. The molecular formula is C15H21BrO2. The lowest BCUT2D eigenvalue weighted by molar-refractivity contribution is -0.139. The largest absolute Gasteiger partial charge is 0.481 e. The Morgan fingerprint density at radius 2 is 1.83 bits per heavy atom. The van der Waals surface area contributed by atoms with Crippen LogP contribution in [0.2, 0.25) is 0 Å². The summed E-state index contributed by atoms with van der Waals surface area (Å²) in [6, 6.07) is 7.57. The first-order chi connectivity index (χ1) is 8.29. The third-order valence-electron chi connectivity index (χ3n) is 2.99. The van der Waals surface area contributed by atoms with Crippen molar-refractivity contribution in [3.8, 4) is 0 Å². The Hall–Kier alpha value is -0.830. The smallest absolute Gasteiger partial charge is 0.310 e. The minimum absolute atomic E-state index is 0.267. The van der Waals surface area contributed by atoms with Crippen LogP contribution in [0.15, 0.2) is 28.7 Å². The van der Waals surface area contributed by atoms with Gasteiger partial charge in [0.25, 0.3) is 0 Å². The van der Waals surface area contributed by atoms with Gasteiger partial charge >= 0.3 is 5.97 Å². The molecule has 0 amide bonds. The van der Waals surface area contributed by atoms with Crippen LogP contribution in [-0.4, -0.2) is 11.1 Å². The topological polar surface area (TPSA) is 37.3 Å². The van der Waals surface area contributed by atoms with Crippen LogP contribution in [0.5, 0.6) is 0 Å². The molecule has 0 bridgehead atoms. The summed E-state index contributed by atoms with van der Waals surface area (Å²) in [6.07, 6.45) is 2.69. The van der Waals surface area contributed by atoms with Crippen LogP contribution in [-0.2, 0) is 4.79 Å². The van der Waals surface area contributed by atoms with Crippen molar-refractivity contribution in [3.05, 3.63) is 34.3 Å². The van der Waals surface area contributed by atoms with E-state index in [9.17, 15) is 9.90 Å². The summed E-state index contributed by atoms with van der Waals surface area (Å²) < 4.78 is 0.977. The molecule has 0 spiro atoms. The number of rotatable bonds is 5. The molecule has 0 radical (unpaired) electrons. The van der Waals surface area contributed by atoms with Gasteiger partial charge in [-0.1, -0.05) is 55.3 Å². The summed E-state index contributed by atoms with van der Waals surface area (Å²) in [6.45, 7) is 6.55. The zero-order valence-electron chi connectivity index (χ0n) is 11.2. The number of carbonyl (C=O) groups is 1. The number of hydrogen-bond donors (Lipinski definition) is 1. The zero-order chi connectivity index (χ0) is 13.8. The predicted octanol–water partition coefficient (Wildman–Crippen LogP) is 4.83. The lowest BCUT2D eigenvalue weighted by atomic mass is 9.86. The Kier molecular flexibility index (Phi) is 5.39. The molecule has 1 unspecified atom stereocenters. The second kappa shape index (κ2) is 6.37. The van der Waals surface area contributed by atoms with Crippen LogP contribution in [0.4, 0.5) is 0 Å². The first kappa shape index (κ1) is 15.2. The van der Waals surface area contributed by atoms with Crippen LogP contribution in [0.3, 0.4) is 0 Å². The minimum Gasteiger partial charge on any atom is -0.481 e. The van der Waals surface area contributed by atoms with Gasteiger partial charge in [-0.05, 0) is 36.0 Å². The van der Waals surface area contributed by atoms with E-state index in [1.54, 1.807) is 0 Å². The molecule has 0 aliphatic carbocycles. The van der Waals surface area contributed by atoms with Crippen molar-refractivity contribution < 1.29 is 9.90 Å². The van der Waals surface area contributed by atoms with Crippen LogP contribution in [0.25, 0.3) is 0 Å². The van der Waals surface area contributed by atoms with E-state index in [1.807, 2.05) is 24.3 Å². The second-order valence-electron chi connectivity index (χ2n) is 5.90. The Labute approximate surface area is 118 Å². The standard InChI is InChI=1S/C15H21BrO2/c1-15(2,3)10-4-5-13(14(17)18)11-6-8-12(16)9-7-11/h6-9,13H,4-5,10H2,1-3H3,(H,17,18). The molecule has 0 fully saturated rings. The Morgan fingerprint density at radius 3 is 2.28 bits per heavy atom. The van der Waals surface area contributed by atoms with Gasteiger partial charge in [-0.25, -0.2) is 0 Å². The third kappa shape index (κ3) is 5.21. The fourth-order valence-corrected chi connectivity index (χ4v) is 2.23. The maximum atomic E-state index is 11.3. The molecule has 1 N–H and O–H groups in total. The number of carboxylic acid groups (broad SMARTS) is 1. The van der Waals surface area contributed by atoms with Gasteiger partial charge in [0, 0.05) is 4.47 Å². The van der Waals surface area contributed by atoms with Crippen molar-refractivity contribution in [2.75, 3.05) is 0 Å². The maximum absolute atomic E-state index is 11.3. The molecule has 1 aromatic carbocycles. The van der Waals surface area contributed by atoms with Crippen molar-refractivity contribution in [2.45, 2.75) is 46.0 Å². The van der Waals surface area contributed by atoms with Crippen LogP contribution in [0, 0.1) is 5.41 Å². The normalized spacial score (nSPS) is 13.3. The van der Waals surface area contributed by atoms with Crippen LogP contribution >= 0.6 is 15.9 Å². The van der Waals surface area contributed by atoms with E-state index in [4.69, 9.17) is 0 Å². The van der Waals surface area contributed by atoms with Gasteiger partial charge in [0.15, 0.2) is 0 Å². The van der Waals surface area contributed by atoms with Crippen molar-refractivity contribution >= 4 is 21.9 Å². The summed E-state index contributed by atoms with van der Waals surface area (Å²) in [7, 11) is 0. The number of halogens is 1. The number of carboxylic acids is 1. The predicted molar refractivity (Wildman–Crippen MR) is 77.8 cm³/mol. The molecule has 2 nitrogen and oxygen atoms in total. The number of aliphatic carboxylic acids is 1. The first-order valence-electron chi connectivity index (χ1n) is 6.28. The highest BCUT2D eigenvalue weighted by Gasteiger charge is 2.20. The van der Waals surface area contributed by atoms with E-state index in [0.717, 1.165) is 22.9 Å². The molecular weight excluding hydrogens is 292 g/mol. The Morgan fingerprint density at radius 1 is 1.28 bits per heavy atom. The molecule has 1 atom stereocenters. The molecule has 1 aromatic rings. The maximum Gasteiger partial charge on any atom is 0.310 e. The van der Waals surface area contributed by atoms with Gasteiger partial charge in [-0.3, -0.25) is 4.79 Å². The van der Waals surface area contributed by atoms with Crippen LogP contribution < -0.4 is 0 Å². The lowest BCUT2D eigenvalue weighted by Gasteiger charge is -2.19. The Bertz CT molecular complexity index is 390. The molecule has 0 aliphatic rings. The SMILES string of the molecule is CC(C)(C)CCCC(C(=O)O)c1ccc(Br)cc1. The van der Waals surface area contributed by atoms with Crippen molar-refractivity contribution in [1.82, 2.24) is 0 Å². The van der Waals surface area contributed by atoms with Gasteiger partial charge in [-0.15, -0.1) is 0 Å². The molecule has 100 valence electrons. The summed E-state index contributed by atoms with van der Waals surface area (Å²) in [5, 5.41) is 9.31. The second-order valence-corrected chi connectivity index (χ2v) is 6.81. The molecule has 0 heterocycles. The number of hydrogen-bond acceptors (Lipinski definition) is 1. The third-order valence-corrected chi connectivity index (χ3v) is 3.52. The van der Waals surface area contributed by atoms with E-state index < -0.39 is 5.97 Å². The van der Waals surface area contributed by atoms with E-state index in [-0.39, 0.29) is 11.3 Å².